The van der Waals surface area contributed by atoms with Crippen LogP contribution in [-0.4, -0.2) is 10.9 Å². The molecule has 1 amide bonds. The van der Waals surface area contributed by atoms with Gasteiger partial charge in [-0.2, -0.15) is 0 Å². The van der Waals surface area contributed by atoms with Crippen LogP contribution in [0.1, 0.15) is 18.2 Å². The van der Waals surface area contributed by atoms with E-state index in [4.69, 9.17) is 0 Å². The number of hydrogen-bond donors (Lipinski definition) is 1. The van der Waals surface area contributed by atoms with Gasteiger partial charge in [0.25, 0.3) is 0 Å². The third-order valence-corrected chi connectivity index (χ3v) is 2.04. The molecule has 0 saturated carbocycles. The summed E-state index contributed by atoms with van der Waals surface area (Å²) in [6.45, 7) is 2.44. The van der Waals surface area contributed by atoms with E-state index in [2.05, 4.69) is 10.3 Å². The highest BCUT2D eigenvalue weighted by Crippen LogP contribution is 2.03. The van der Waals surface area contributed by atoms with E-state index in [9.17, 15) is 4.79 Å². The second-order valence-electron chi connectivity index (χ2n) is 2.10. The summed E-state index contributed by atoms with van der Waals surface area (Å²) in [5.41, 5.74) is 1.76. The predicted molar refractivity (Wildman–Crippen MR) is 44.3 cm³/mol. The molecular formula is C7H10N2OS. The van der Waals surface area contributed by atoms with Crippen LogP contribution in [-0.2, 0) is 11.3 Å². The highest BCUT2D eigenvalue weighted by Gasteiger charge is 1.97. The van der Waals surface area contributed by atoms with Crippen LogP contribution in [0.25, 0.3) is 0 Å². The van der Waals surface area contributed by atoms with E-state index in [-0.39, 0.29) is 5.91 Å². The molecule has 1 aromatic rings. The second kappa shape index (κ2) is 4.08. The monoisotopic (exact) mass is 170 g/mol. The van der Waals surface area contributed by atoms with Gasteiger partial charge in [0.05, 0.1) is 12.1 Å². The molecule has 0 atom stereocenters. The van der Waals surface area contributed by atoms with Gasteiger partial charge in [0.15, 0.2) is 0 Å². The van der Waals surface area contributed by atoms with Gasteiger partial charge in [-0.05, 0) is 0 Å². The van der Waals surface area contributed by atoms with Crippen molar-refractivity contribution in [3.8, 4) is 0 Å². The Kier molecular flexibility index (Phi) is 3.04. The lowest BCUT2D eigenvalue weighted by atomic mass is 10.4. The molecule has 4 heteroatoms. The molecule has 0 spiro atoms. The molecule has 1 N–H and O–H groups in total. The average Bonchev–Trinajstić information content (AvgIpc) is 2.52. The highest BCUT2D eigenvalue weighted by atomic mass is 32.1. The quantitative estimate of drug-likeness (QED) is 0.739. The normalized spacial score (nSPS) is 9.55. The van der Waals surface area contributed by atoms with Crippen LogP contribution >= 0.6 is 11.3 Å². The highest BCUT2D eigenvalue weighted by molar-refractivity contribution is 7.09. The Morgan fingerprint density at radius 1 is 1.82 bits per heavy atom. The van der Waals surface area contributed by atoms with E-state index in [1.807, 2.05) is 6.92 Å². The van der Waals surface area contributed by atoms with E-state index in [0.717, 1.165) is 4.88 Å². The lowest BCUT2D eigenvalue weighted by molar-refractivity contribution is -0.120. The Morgan fingerprint density at radius 3 is 3.18 bits per heavy atom. The third-order valence-electron chi connectivity index (χ3n) is 1.26. The van der Waals surface area contributed by atoms with E-state index in [0.29, 0.717) is 13.0 Å². The molecule has 1 rings (SSSR count). The first kappa shape index (κ1) is 8.20. The average molecular weight is 170 g/mol. The van der Waals surface area contributed by atoms with Crippen LogP contribution in [0.4, 0.5) is 0 Å². The van der Waals surface area contributed by atoms with Gasteiger partial charge >= 0.3 is 0 Å². The van der Waals surface area contributed by atoms with E-state index in [1.54, 1.807) is 23.0 Å². The smallest absolute Gasteiger partial charge is 0.220 e. The number of hydrogen-bond acceptors (Lipinski definition) is 3. The van der Waals surface area contributed by atoms with Gasteiger partial charge < -0.3 is 5.32 Å². The number of amides is 1. The second-order valence-corrected chi connectivity index (χ2v) is 3.07. The molecule has 0 aliphatic carbocycles. The molecule has 0 radical (unpaired) electrons. The van der Waals surface area contributed by atoms with Gasteiger partial charge in [0, 0.05) is 17.5 Å². The molecule has 0 aromatic carbocycles. The minimum Gasteiger partial charge on any atom is -0.351 e. The molecule has 60 valence electrons. The fraction of sp³-hybridized carbons (Fsp3) is 0.429. The summed E-state index contributed by atoms with van der Waals surface area (Å²) < 4.78 is 0. The lowest BCUT2D eigenvalue weighted by Crippen LogP contribution is -2.20. The van der Waals surface area contributed by atoms with Crippen LogP contribution in [0.15, 0.2) is 11.7 Å². The van der Waals surface area contributed by atoms with Crippen molar-refractivity contribution in [1.82, 2.24) is 10.3 Å². The molecule has 0 aliphatic rings. The molecular weight excluding hydrogens is 160 g/mol. The first-order valence-electron chi connectivity index (χ1n) is 3.47. The summed E-state index contributed by atoms with van der Waals surface area (Å²) in [6.07, 6.45) is 2.30. The van der Waals surface area contributed by atoms with Crippen molar-refractivity contribution in [2.45, 2.75) is 19.9 Å². The molecule has 3 nitrogen and oxygen atoms in total. The maximum atomic E-state index is 10.8. The van der Waals surface area contributed by atoms with Crippen LogP contribution in [0.5, 0.6) is 0 Å². The largest absolute Gasteiger partial charge is 0.351 e. The van der Waals surface area contributed by atoms with Crippen LogP contribution in [0, 0.1) is 0 Å². The fourth-order valence-electron chi connectivity index (χ4n) is 0.640. The topological polar surface area (TPSA) is 42.0 Å². The molecule has 11 heavy (non-hydrogen) atoms. The lowest BCUT2D eigenvalue weighted by Gasteiger charge is -1.98. The van der Waals surface area contributed by atoms with Crippen molar-refractivity contribution in [3.63, 3.8) is 0 Å². The summed E-state index contributed by atoms with van der Waals surface area (Å²) in [5.74, 6) is 0.0819. The van der Waals surface area contributed by atoms with Crippen LogP contribution < -0.4 is 5.32 Å². The zero-order valence-corrected chi connectivity index (χ0v) is 7.15. The first-order valence-corrected chi connectivity index (χ1v) is 4.35. The Balaban J connectivity index is 2.29. The fourth-order valence-corrected chi connectivity index (χ4v) is 1.17. The van der Waals surface area contributed by atoms with Gasteiger partial charge in [0.2, 0.25) is 5.91 Å². The Hall–Kier alpha value is -0.900. The Bertz CT molecular complexity index is 220. The van der Waals surface area contributed by atoms with Crippen molar-refractivity contribution < 1.29 is 4.79 Å². The molecule has 0 fully saturated rings. The van der Waals surface area contributed by atoms with Gasteiger partial charge in [0.1, 0.15) is 0 Å². The SMILES string of the molecule is CCC(=O)NCc1cncs1. The number of nitrogens with one attached hydrogen (secondary N) is 1. The zero-order valence-electron chi connectivity index (χ0n) is 6.33. The van der Waals surface area contributed by atoms with Crippen molar-refractivity contribution in [2.24, 2.45) is 0 Å². The molecule has 1 heterocycles. The van der Waals surface area contributed by atoms with E-state index >= 15 is 0 Å². The van der Waals surface area contributed by atoms with E-state index < -0.39 is 0 Å². The number of nitrogens with zero attached hydrogens (tertiary/aromatic N) is 1. The van der Waals surface area contributed by atoms with Gasteiger partial charge in [-0.3, -0.25) is 9.78 Å². The van der Waals surface area contributed by atoms with Crippen molar-refractivity contribution in [2.75, 3.05) is 0 Å². The molecule has 1 aromatic heterocycles. The van der Waals surface area contributed by atoms with Crippen molar-refractivity contribution in [3.05, 3.63) is 16.6 Å². The zero-order chi connectivity index (χ0) is 8.10. The number of carbonyl (C=O) groups is 1. The predicted octanol–water partition coefficient (Wildman–Crippen LogP) is 1.17. The molecule has 0 unspecified atom stereocenters. The molecule has 0 saturated heterocycles. The Labute approximate surface area is 69.5 Å². The van der Waals surface area contributed by atoms with Crippen LogP contribution in [0.2, 0.25) is 0 Å². The van der Waals surface area contributed by atoms with Crippen molar-refractivity contribution in [1.29, 1.82) is 0 Å². The molecule has 0 aliphatic heterocycles. The van der Waals surface area contributed by atoms with Crippen LogP contribution in [0.3, 0.4) is 0 Å². The Morgan fingerprint density at radius 2 is 2.64 bits per heavy atom. The minimum absolute atomic E-state index is 0.0819. The molecule has 0 bridgehead atoms. The summed E-state index contributed by atoms with van der Waals surface area (Å²) in [4.78, 5) is 15.8. The summed E-state index contributed by atoms with van der Waals surface area (Å²) in [7, 11) is 0. The maximum Gasteiger partial charge on any atom is 0.220 e. The summed E-state index contributed by atoms with van der Waals surface area (Å²) >= 11 is 1.55. The van der Waals surface area contributed by atoms with Gasteiger partial charge in [-0.15, -0.1) is 11.3 Å². The number of thiazole rings is 1. The van der Waals surface area contributed by atoms with E-state index in [1.165, 1.54) is 0 Å². The number of aromatic nitrogens is 1. The standard InChI is InChI=1S/C7H10N2OS/c1-2-7(10)9-4-6-3-8-5-11-6/h3,5H,2,4H2,1H3,(H,9,10). The van der Waals surface area contributed by atoms with Gasteiger partial charge in [-0.25, -0.2) is 0 Å². The maximum absolute atomic E-state index is 10.8. The third kappa shape index (κ3) is 2.67. The number of carbonyl (C=O) groups excluding carboxylic acids is 1. The van der Waals surface area contributed by atoms with Gasteiger partial charge in [-0.1, -0.05) is 6.92 Å². The minimum atomic E-state index is 0.0819. The van der Waals surface area contributed by atoms with Crippen molar-refractivity contribution >= 4 is 17.2 Å². The number of rotatable bonds is 3. The first-order chi connectivity index (χ1) is 5.33. The summed E-state index contributed by atoms with van der Waals surface area (Å²) in [5, 5.41) is 2.77. The summed E-state index contributed by atoms with van der Waals surface area (Å²) in [6, 6.07) is 0.